The largest absolute Gasteiger partial charge is 0.322 e. The van der Waals surface area contributed by atoms with Crippen molar-refractivity contribution >= 4 is 21.4 Å². The van der Waals surface area contributed by atoms with Crippen LogP contribution in [0.15, 0.2) is 71.9 Å². The number of rotatable bonds is 4. The highest BCUT2D eigenvalue weighted by atomic mass is 32.2. The highest BCUT2D eigenvalue weighted by Crippen LogP contribution is 2.15. The SMILES string of the molecule is CS(=O)(=O)c1ccc(NC(=O)c2ccc(-n3cccn3)cc2)cc1. The summed E-state index contributed by atoms with van der Waals surface area (Å²) in [5, 5.41) is 6.86. The van der Waals surface area contributed by atoms with E-state index in [0.717, 1.165) is 11.9 Å². The lowest BCUT2D eigenvalue weighted by atomic mass is 10.2. The summed E-state index contributed by atoms with van der Waals surface area (Å²) in [5.74, 6) is -0.269. The molecule has 3 rings (SSSR count). The number of amides is 1. The summed E-state index contributed by atoms with van der Waals surface area (Å²) in [6.45, 7) is 0. The number of anilines is 1. The fourth-order valence-corrected chi connectivity index (χ4v) is 2.81. The lowest BCUT2D eigenvalue weighted by molar-refractivity contribution is 0.102. The normalized spacial score (nSPS) is 11.2. The van der Waals surface area contributed by atoms with Gasteiger partial charge in [0.05, 0.1) is 10.6 Å². The first-order chi connectivity index (χ1) is 11.4. The van der Waals surface area contributed by atoms with Gasteiger partial charge in [0.15, 0.2) is 9.84 Å². The average Bonchev–Trinajstić information content (AvgIpc) is 3.09. The number of benzene rings is 2. The summed E-state index contributed by atoms with van der Waals surface area (Å²) in [4.78, 5) is 12.5. The quantitative estimate of drug-likeness (QED) is 0.791. The van der Waals surface area contributed by atoms with Crippen molar-refractivity contribution in [2.75, 3.05) is 11.6 Å². The van der Waals surface area contributed by atoms with Gasteiger partial charge >= 0.3 is 0 Å². The first-order valence-electron chi connectivity index (χ1n) is 7.15. The summed E-state index contributed by atoms with van der Waals surface area (Å²) in [5.41, 5.74) is 1.88. The van der Waals surface area contributed by atoms with Crippen molar-refractivity contribution in [1.29, 1.82) is 0 Å². The number of carbonyl (C=O) groups excluding carboxylic acids is 1. The standard InChI is InChI=1S/C17H15N3O3S/c1-24(22,23)16-9-5-14(6-10-16)19-17(21)13-3-7-15(8-4-13)20-12-2-11-18-20/h2-12H,1H3,(H,19,21). The molecule has 0 unspecified atom stereocenters. The molecule has 7 heteroatoms. The minimum atomic E-state index is -3.25. The van der Waals surface area contributed by atoms with Crippen LogP contribution in [0, 0.1) is 0 Å². The molecule has 0 aliphatic carbocycles. The van der Waals surface area contributed by atoms with E-state index in [0.29, 0.717) is 11.3 Å². The fraction of sp³-hybridized carbons (Fsp3) is 0.0588. The molecule has 0 saturated carbocycles. The zero-order valence-corrected chi connectivity index (χ0v) is 13.7. The predicted octanol–water partition coefficient (Wildman–Crippen LogP) is 2.53. The van der Waals surface area contributed by atoms with E-state index in [-0.39, 0.29) is 10.8 Å². The van der Waals surface area contributed by atoms with Crippen molar-refractivity contribution < 1.29 is 13.2 Å². The predicted molar refractivity (Wildman–Crippen MR) is 91.1 cm³/mol. The molecule has 1 heterocycles. The molecule has 0 saturated heterocycles. The molecule has 0 atom stereocenters. The molecule has 0 fully saturated rings. The summed E-state index contributed by atoms with van der Waals surface area (Å²) >= 11 is 0. The van der Waals surface area contributed by atoms with Crippen LogP contribution in [0.25, 0.3) is 5.69 Å². The van der Waals surface area contributed by atoms with Crippen molar-refractivity contribution in [3.63, 3.8) is 0 Å². The van der Waals surface area contributed by atoms with Gasteiger partial charge in [0.2, 0.25) is 0 Å². The van der Waals surface area contributed by atoms with Crippen LogP contribution in [0.4, 0.5) is 5.69 Å². The van der Waals surface area contributed by atoms with E-state index in [2.05, 4.69) is 10.4 Å². The molecule has 0 radical (unpaired) electrons. The van der Waals surface area contributed by atoms with Gasteiger partial charge in [-0.25, -0.2) is 13.1 Å². The van der Waals surface area contributed by atoms with Gasteiger partial charge in [0, 0.05) is 29.9 Å². The molecule has 122 valence electrons. The van der Waals surface area contributed by atoms with Crippen LogP contribution in [0.3, 0.4) is 0 Å². The minimum Gasteiger partial charge on any atom is -0.322 e. The summed E-state index contributed by atoms with van der Waals surface area (Å²) in [6, 6.07) is 14.9. The number of nitrogens with one attached hydrogen (secondary N) is 1. The van der Waals surface area contributed by atoms with Gasteiger partial charge in [-0.3, -0.25) is 4.79 Å². The van der Waals surface area contributed by atoms with Crippen molar-refractivity contribution in [2.45, 2.75) is 4.90 Å². The van der Waals surface area contributed by atoms with Gasteiger partial charge in [-0.15, -0.1) is 0 Å². The fourth-order valence-electron chi connectivity index (χ4n) is 2.18. The molecule has 1 amide bonds. The maximum absolute atomic E-state index is 12.2. The first-order valence-corrected chi connectivity index (χ1v) is 9.04. The van der Waals surface area contributed by atoms with Crippen molar-refractivity contribution in [1.82, 2.24) is 9.78 Å². The van der Waals surface area contributed by atoms with E-state index >= 15 is 0 Å². The number of hydrogen-bond acceptors (Lipinski definition) is 4. The third-order valence-corrected chi connectivity index (χ3v) is 4.57. The van der Waals surface area contributed by atoms with E-state index in [9.17, 15) is 13.2 Å². The number of carbonyl (C=O) groups is 1. The highest BCUT2D eigenvalue weighted by molar-refractivity contribution is 7.90. The molecule has 0 aliphatic rings. The Balaban J connectivity index is 1.73. The lowest BCUT2D eigenvalue weighted by Gasteiger charge is -2.07. The molecule has 0 bridgehead atoms. The van der Waals surface area contributed by atoms with Gasteiger partial charge in [-0.2, -0.15) is 5.10 Å². The zero-order valence-electron chi connectivity index (χ0n) is 12.9. The van der Waals surface area contributed by atoms with E-state index in [4.69, 9.17) is 0 Å². The Morgan fingerprint density at radius 3 is 2.25 bits per heavy atom. The highest BCUT2D eigenvalue weighted by Gasteiger charge is 2.09. The Bertz CT molecular complexity index is 945. The Morgan fingerprint density at radius 1 is 1.04 bits per heavy atom. The Hall–Kier alpha value is -2.93. The number of sulfone groups is 1. The van der Waals surface area contributed by atoms with Crippen LogP contribution in [-0.4, -0.2) is 30.4 Å². The topological polar surface area (TPSA) is 81.1 Å². The van der Waals surface area contributed by atoms with E-state index in [1.165, 1.54) is 12.1 Å². The molecule has 1 aromatic heterocycles. The van der Waals surface area contributed by atoms with Crippen molar-refractivity contribution in [3.8, 4) is 5.69 Å². The summed E-state index contributed by atoms with van der Waals surface area (Å²) in [7, 11) is -3.25. The summed E-state index contributed by atoms with van der Waals surface area (Å²) < 4.78 is 24.5. The van der Waals surface area contributed by atoms with Gasteiger partial charge in [-0.1, -0.05) is 0 Å². The third-order valence-electron chi connectivity index (χ3n) is 3.44. The molecule has 2 aromatic carbocycles. The van der Waals surface area contributed by atoms with E-state index in [1.807, 2.05) is 12.3 Å². The third kappa shape index (κ3) is 3.52. The molecular weight excluding hydrogens is 326 g/mol. The van der Waals surface area contributed by atoms with Crippen LogP contribution in [-0.2, 0) is 9.84 Å². The summed E-state index contributed by atoms with van der Waals surface area (Å²) in [6.07, 6.45) is 4.64. The second-order valence-electron chi connectivity index (χ2n) is 5.25. The molecule has 0 aliphatic heterocycles. The molecule has 24 heavy (non-hydrogen) atoms. The Labute approximate surface area is 139 Å². The maximum atomic E-state index is 12.2. The van der Waals surface area contributed by atoms with Gasteiger partial charge in [0.1, 0.15) is 0 Å². The molecule has 6 nitrogen and oxygen atoms in total. The second kappa shape index (κ2) is 6.29. The molecular formula is C17H15N3O3S. The average molecular weight is 341 g/mol. The maximum Gasteiger partial charge on any atom is 0.255 e. The molecule has 3 aromatic rings. The Kier molecular flexibility index (Phi) is 4.18. The van der Waals surface area contributed by atoms with E-state index < -0.39 is 9.84 Å². The van der Waals surface area contributed by atoms with Crippen LogP contribution < -0.4 is 5.32 Å². The zero-order chi connectivity index (χ0) is 17.2. The van der Waals surface area contributed by atoms with Crippen LogP contribution in [0.5, 0.6) is 0 Å². The second-order valence-corrected chi connectivity index (χ2v) is 7.26. The first kappa shape index (κ1) is 15.9. The Morgan fingerprint density at radius 2 is 1.71 bits per heavy atom. The van der Waals surface area contributed by atoms with Crippen molar-refractivity contribution in [2.24, 2.45) is 0 Å². The van der Waals surface area contributed by atoms with Gasteiger partial charge in [-0.05, 0) is 54.6 Å². The number of nitrogens with zero attached hydrogens (tertiary/aromatic N) is 2. The monoisotopic (exact) mass is 341 g/mol. The van der Waals surface area contributed by atoms with Crippen molar-refractivity contribution in [3.05, 3.63) is 72.6 Å². The number of aromatic nitrogens is 2. The number of hydrogen-bond donors (Lipinski definition) is 1. The van der Waals surface area contributed by atoms with Crippen LogP contribution in [0.1, 0.15) is 10.4 Å². The minimum absolute atomic E-state index is 0.212. The molecule has 1 N–H and O–H groups in total. The van der Waals surface area contributed by atoms with E-state index in [1.54, 1.807) is 47.3 Å². The lowest BCUT2D eigenvalue weighted by Crippen LogP contribution is -2.12. The van der Waals surface area contributed by atoms with Crippen LogP contribution in [0.2, 0.25) is 0 Å². The van der Waals surface area contributed by atoms with Gasteiger partial charge in [0.25, 0.3) is 5.91 Å². The van der Waals surface area contributed by atoms with Crippen LogP contribution >= 0.6 is 0 Å². The smallest absolute Gasteiger partial charge is 0.255 e. The van der Waals surface area contributed by atoms with Gasteiger partial charge < -0.3 is 5.32 Å². The molecule has 0 spiro atoms.